The van der Waals surface area contributed by atoms with Crippen LogP contribution in [-0.4, -0.2) is 12.5 Å². The normalized spacial score (nSPS) is 10.1. The van der Waals surface area contributed by atoms with E-state index in [1.165, 1.54) is 0 Å². The highest BCUT2D eigenvalue weighted by atomic mass is 16.5. The molecule has 1 N–H and O–H groups in total. The van der Waals surface area contributed by atoms with Crippen molar-refractivity contribution in [2.75, 3.05) is 6.61 Å². The van der Waals surface area contributed by atoms with Gasteiger partial charge in [-0.2, -0.15) is 0 Å². The van der Waals surface area contributed by atoms with E-state index in [9.17, 15) is 4.79 Å². The average Bonchev–Trinajstić information content (AvgIpc) is 2.52. The van der Waals surface area contributed by atoms with Gasteiger partial charge in [0.2, 0.25) is 5.91 Å². The number of rotatable bonds is 7. The number of hydrogen-bond donors (Lipinski definition) is 1. The van der Waals surface area contributed by atoms with E-state index in [0.29, 0.717) is 19.6 Å². The molecule has 0 saturated heterocycles. The van der Waals surface area contributed by atoms with Crippen molar-refractivity contribution in [2.24, 2.45) is 0 Å². The first-order chi connectivity index (χ1) is 10.3. The van der Waals surface area contributed by atoms with Gasteiger partial charge in [0.1, 0.15) is 5.75 Å². The van der Waals surface area contributed by atoms with Crippen molar-refractivity contribution in [1.82, 2.24) is 5.32 Å². The molecule has 0 aliphatic rings. The fourth-order valence-corrected chi connectivity index (χ4v) is 2.02. The molecular weight excluding hydrogens is 262 g/mol. The zero-order chi connectivity index (χ0) is 14.9. The van der Waals surface area contributed by atoms with Crippen LogP contribution in [0.5, 0.6) is 5.75 Å². The summed E-state index contributed by atoms with van der Waals surface area (Å²) in [4.78, 5) is 11.7. The molecule has 0 spiro atoms. The molecule has 0 aromatic heterocycles. The first-order valence-electron chi connectivity index (χ1n) is 7.25. The van der Waals surface area contributed by atoms with Crippen LogP contribution in [0.3, 0.4) is 0 Å². The van der Waals surface area contributed by atoms with E-state index in [2.05, 4.69) is 5.32 Å². The summed E-state index contributed by atoms with van der Waals surface area (Å²) in [6.45, 7) is 3.16. The van der Waals surface area contributed by atoms with Crippen molar-refractivity contribution in [3.05, 3.63) is 65.7 Å². The zero-order valence-electron chi connectivity index (χ0n) is 12.3. The van der Waals surface area contributed by atoms with Crippen LogP contribution in [0, 0.1) is 6.92 Å². The van der Waals surface area contributed by atoms with E-state index in [1.807, 2.05) is 61.5 Å². The number of carbonyl (C=O) groups is 1. The number of para-hydroxylation sites is 1. The van der Waals surface area contributed by atoms with Crippen molar-refractivity contribution in [1.29, 1.82) is 0 Å². The van der Waals surface area contributed by atoms with Gasteiger partial charge in [-0.15, -0.1) is 0 Å². The molecule has 0 aliphatic heterocycles. The number of nitrogens with one attached hydrogen (secondary N) is 1. The molecule has 2 rings (SSSR count). The molecular formula is C18H21NO2. The van der Waals surface area contributed by atoms with Crippen molar-refractivity contribution < 1.29 is 9.53 Å². The minimum Gasteiger partial charge on any atom is -0.493 e. The molecule has 0 unspecified atom stereocenters. The molecule has 0 saturated carbocycles. The van der Waals surface area contributed by atoms with Crippen LogP contribution >= 0.6 is 0 Å². The van der Waals surface area contributed by atoms with Crippen molar-refractivity contribution in [3.63, 3.8) is 0 Å². The quantitative estimate of drug-likeness (QED) is 0.790. The third-order valence-corrected chi connectivity index (χ3v) is 3.23. The Labute approximate surface area is 126 Å². The second kappa shape index (κ2) is 8.10. The third kappa shape index (κ3) is 5.30. The highest BCUT2D eigenvalue weighted by molar-refractivity contribution is 5.75. The second-order valence-electron chi connectivity index (χ2n) is 4.98. The summed E-state index contributed by atoms with van der Waals surface area (Å²) < 4.78 is 5.67. The Bertz CT molecular complexity index is 566. The number of ether oxygens (including phenoxy) is 1. The van der Waals surface area contributed by atoms with Crippen molar-refractivity contribution in [3.8, 4) is 5.75 Å². The molecule has 0 aliphatic carbocycles. The number of aryl methyl sites for hydroxylation is 1. The summed E-state index contributed by atoms with van der Waals surface area (Å²) in [6, 6.07) is 17.8. The fraction of sp³-hybridized carbons (Fsp3) is 0.278. The Morgan fingerprint density at radius 2 is 1.76 bits per heavy atom. The first-order valence-corrected chi connectivity index (χ1v) is 7.25. The van der Waals surface area contributed by atoms with Crippen LogP contribution in [-0.2, 0) is 11.3 Å². The van der Waals surface area contributed by atoms with Gasteiger partial charge in [-0.1, -0.05) is 48.5 Å². The van der Waals surface area contributed by atoms with E-state index in [4.69, 9.17) is 4.74 Å². The van der Waals surface area contributed by atoms with Gasteiger partial charge in [0.05, 0.1) is 6.61 Å². The maximum atomic E-state index is 11.7. The maximum absolute atomic E-state index is 11.7. The standard InChI is InChI=1S/C18H21NO2/c1-15-8-5-6-11-17(15)21-13-7-12-18(20)19-14-16-9-3-2-4-10-16/h2-6,8-11H,7,12-14H2,1H3,(H,19,20). The Hall–Kier alpha value is -2.29. The van der Waals surface area contributed by atoms with Gasteiger partial charge < -0.3 is 10.1 Å². The number of amides is 1. The largest absolute Gasteiger partial charge is 0.493 e. The van der Waals surface area contributed by atoms with Crippen LogP contribution in [0.25, 0.3) is 0 Å². The smallest absolute Gasteiger partial charge is 0.220 e. The lowest BCUT2D eigenvalue weighted by Gasteiger charge is -2.09. The molecule has 1 amide bonds. The highest BCUT2D eigenvalue weighted by Gasteiger charge is 2.02. The minimum absolute atomic E-state index is 0.0623. The fourth-order valence-electron chi connectivity index (χ4n) is 2.02. The van der Waals surface area contributed by atoms with E-state index >= 15 is 0 Å². The summed E-state index contributed by atoms with van der Waals surface area (Å²) in [5.41, 5.74) is 2.23. The van der Waals surface area contributed by atoms with Gasteiger partial charge in [-0.3, -0.25) is 4.79 Å². The van der Waals surface area contributed by atoms with E-state index < -0.39 is 0 Å². The molecule has 0 fully saturated rings. The molecule has 0 atom stereocenters. The molecule has 3 heteroatoms. The average molecular weight is 283 g/mol. The lowest BCUT2D eigenvalue weighted by Crippen LogP contribution is -2.22. The van der Waals surface area contributed by atoms with Crippen LogP contribution in [0.15, 0.2) is 54.6 Å². The molecule has 2 aromatic rings. The first kappa shape index (κ1) is 15.1. The Balaban J connectivity index is 1.62. The molecule has 21 heavy (non-hydrogen) atoms. The van der Waals surface area contributed by atoms with Crippen LogP contribution < -0.4 is 10.1 Å². The Morgan fingerprint density at radius 3 is 2.52 bits per heavy atom. The molecule has 0 bridgehead atoms. The lowest BCUT2D eigenvalue weighted by molar-refractivity contribution is -0.121. The highest BCUT2D eigenvalue weighted by Crippen LogP contribution is 2.16. The van der Waals surface area contributed by atoms with Crippen molar-refractivity contribution >= 4 is 5.91 Å². The molecule has 0 radical (unpaired) electrons. The molecule has 2 aromatic carbocycles. The van der Waals surface area contributed by atoms with Gasteiger partial charge >= 0.3 is 0 Å². The van der Waals surface area contributed by atoms with E-state index in [1.54, 1.807) is 0 Å². The Morgan fingerprint density at radius 1 is 1.05 bits per heavy atom. The summed E-state index contributed by atoms with van der Waals surface area (Å²) in [5.74, 6) is 0.953. The number of benzene rings is 2. The topological polar surface area (TPSA) is 38.3 Å². The predicted molar refractivity (Wildman–Crippen MR) is 84.2 cm³/mol. The van der Waals surface area contributed by atoms with Gasteiger partial charge in [0, 0.05) is 13.0 Å². The van der Waals surface area contributed by atoms with Gasteiger partial charge in [-0.05, 0) is 30.5 Å². The number of hydrogen-bond acceptors (Lipinski definition) is 2. The van der Waals surface area contributed by atoms with Crippen molar-refractivity contribution in [2.45, 2.75) is 26.3 Å². The summed E-state index contributed by atoms with van der Waals surface area (Å²) in [5, 5.41) is 2.91. The lowest BCUT2D eigenvalue weighted by atomic mass is 10.2. The molecule has 0 heterocycles. The number of carbonyl (C=O) groups excluding carboxylic acids is 1. The maximum Gasteiger partial charge on any atom is 0.220 e. The summed E-state index contributed by atoms with van der Waals surface area (Å²) >= 11 is 0. The van der Waals surface area contributed by atoms with Gasteiger partial charge in [-0.25, -0.2) is 0 Å². The van der Waals surface area contributed by atoms with E-state index in [-0.39, 0.29) is 5.91 Å². The third-order valence-electron chi connectivity index (χ3n) is 3.23. The monoisotopic (exact) mass is 283 g/mol. The predicted octanol–water partition coefficient (Wildman–Crippen LogP) is 3.47. The molecule has 110 valence electrons. The van der Waals surface area contributed by atoms with Gasteiger partial charge in [0.15, 0.2) is 0 Å². The van der Waals surface area contributed by atoms with E-state index in [0.717, 1.165) is 23.3 Å². The van der Waals surface area contributed by atoms with Gasteiger partial charge in [0.25, 0.3) is 0 Å². The van der Waals surface area contributed by atoms with Crippen LogP contribution in [0.4, 0.5) is 0 Å². The summed E-state index contributed by atoms with van der Waals surface area (Å²) in [6.07, 6.45) is 1.20. The summed E-state index contributed by atoms with van der Waals surface area (Å²) in [7, 11) is 0. The minimum atomic E-state index is 0.0623. The van der Waals surface area contributed by atoms with Crippen LogP contribution in [0.1, 0.15) is 24.0 Å². The SMILES string of the molecule is Cc1ccccc1OCCCC(=O)NCc1ccccc1. The second-order valence-corrected chi connectivity index (χ2v) is 4.98. The Kier molecular flexibility index (Phi) is 5.83. The molecule has 3 nitrogen and oxygen atoms in total. The van der Waals surface area contributed by atoms with Crippen LogP contribution in [0.2, 0.25) is 0 Å². The zero-order valence-corrected chi connectivity index (χ0v) is 12.3.